The van der Waals surface area contributed by atoms with Gasteiger partial charge in [-0.15, -0.1) is 11.3 Å². The Kier molecular flexibility index (Phi) is 5.29. The van der Waals surface area contributed by atoms with Gasteiger partial charge >= 0.3 is 0 Å². The van der Waals surface area contributed by atoms with Gasteiger partial charge in [0, 0.05) is 55.7 Å². The molecule has 0 aliphatic carbocycles. The SMILES string of the molecule is CN1CC[C@@H](CNC2CCN(c3nccs3)CC2)[C@@H]1c1cccnc1. The van der Waals surface area contributed by atoms with Gasteiger partial charge in [0.05, 0.1) is 0 Å². The second-order valence-corrected chi connectivity index (χ2v) is 8.12. The predicted octanol–water partition coefficient (Wildman–Crippen LogP) is 2.79. The topological polar surface area (TPSA) is 44.3 Å². The highest BCUT2D eigenvalue weighted by Crippen LogP contribution is 2.35. The second kappa shape index (κ2) is 7.81. The molecule has 4 heterocycles. The van der Waals surface area contributed by atoms with Crippen molar-refractivity contribution in [2.24, 2.45) is 5.92 Å². The Balaban J connectivity index is 1.30. The Bertz CT molecular complexity index is 639. The van der Waals surface area contributed by atoms with Crippen LogP contribution in [0, 0.1) is 5.92 Å². The molecule has 1 N–H and O–H groups in total. The van der Waals surface area contributed by atoms with Crippen molar-refractivity contribution in [3.63, 3.8) is 0 Å². The van der Waals surface area contributed by atoms with E-state index in [0.717, 1.165) is 19.6 Å². The number of anilines is 1. The number of nitrogens with zero attached hydrogens (tertiary/aromatic N) is 4. The van der Waals surface area contributed by atoms with Gasteiger partial charge in [-0.05, 0) is 50.4 Å². The van der Waals surface area contributed by atoms with Gasteiger partial charge in [-0.2, -0.15) is 0 Å². The van der Waals surface area contributed by atoms with E-state index in [4.69, 9.17) is 0 Å². The quantitative estimate of drug-likeness (QED) is 0.891. The number of piperidine rings is 1. The molecule has 0 radical (unpaired) electrons. The van der Waals surface area contributed by atoms with Crippen LogP contribution in [-0.2, 0) is 0 Å². The van der Waals surface area contributed by atoms with E-state index in [9.17, 15) is 0 Å². The van der Waals surface area contributed by atoms with Crippen LogP contribution in [0.1, 0.15) is 30.9 Å². The van der Waals surface area contributed by atoms with Crippen molar-refractivity contribution in [3.8, 4) is 0 Å². The van der Waals surface area contributed by atoms with E-state index in [-0.39, 0.29) is 0 Å². The monoisotopic (exact) mass is 357 g/mol. The molecule has 2 saturated heterocycles. The zero-order chi connectivity index (χ0) is 17.1. The number of rotatable bonds is 5. The first-order chi connectivity index (χ1) is 12.3. The minimum atomic E-state index is 0.497. The van der Waals surface area contributed by atoms with Crippen LogP contribution in [0.2, 0.25) is 0 Å². The third-order valence-electron chi connectivity index (χ3n) is 5.65. The van der Waals surface area contributed by atoms with Crippen molar-refractivity contribution in [1.29, 1.82) is 0 Å². The second-order valence-electron chi connectivity index (χ2n) is 7.24. The van der Waals surface area contributed by atoms with E-state index in [1.165, 1.54) is 36.5 Å². The normalized spacial score (nSPS) is 25.6. The van der Waals surface area contributed by atoms with Gasteiger partial charge in [0.25, 0.3) is 0 Å². The largest absolute Gasteiger partial charge is 0.348 e. The zero-order valence-corrected chi connectivity index (χ0v) is 15.7. The number of thiazole rings is 1. The summed E-state index contributed by atoms with van der Waals surface area (Å²) in [6, 6.07) is 5.41. The lowest BCUT2D eigenvalue weighted by Gasteiger charge is -2.33. The van der Waals surface area contributed by atoms with Gasteiger partial charge in [-0.25, -0.2) is 4.98 Å². The Hall–Kier alpha value is -1.50. The molecule has 2 aliphatic heterocycles. The standard InChI is InChI=1S/C19H27N5S/c1-23-9-4-16(18(23)15-3-2-7-20-13-15)14-22-17-5-10-24(11-6-17)19-21-8-12-25-19/h2-3,7-8,12-13,16-18,22H,4-6,9-11,14H2,1H3/t16-,18-/m0/s1. The van der Waals surface area contributed by atoms with Crippen LogP contribution in [0.25, 0.3) is 0 Å². The molecule has 5 nitrogen and oxygen atoms in total. The number of hydrogen-bond donors (Lipinski definition) is 1. The van der Waals surface area contributed by atoms with Crippen molar-refractivity contribution >= 4 is 16.5 Å². The van der Waals surface area contributed by atoms with Crippen LogP contribution < -0.4 is 10.2 Å². The van der Waals surface area contributed by atoms with E-state index in [2.05, 4.69) is 49.6 Å². The minimum Gasteiger partial charge on any atom is -0.348 e. The average molecular weight is 358 g/mol. The van der Waals surface area contributed by atoms with Gasteiger partial charge in [-0.3, -0.25) is 9.88 Å². The summed E-state index contributed by atoms with van der Waals surface area (Å²) in [7, 11) is 2.24. The molecular weight excluding hydrogens is 330 g/mol. The summed E-state index contributed by atoms with van der Waals surface area (Å²) >= 11 is 1.75. The maximum atomic E-state index is 4.44. The van der Waals surface area contributed by atoms with E-state index < -0.39 is 0 Å². The smallest absolute Gasteiger partial charge is 0.185 e. The first kappa shape index (κ1) is 16.9. The molecule has 0 amide bonds. The lowest BCUT2D eigenvalue weighted by atomic mass is 9.94. The minimum absolute atomic E-state index is 0.497. The number of hydrogen-bond acceptors (Lipinski definition) is 6. The molecule has 2 atom stereocenters. The van der Waals surface area contributed by atoms with Crippen LogP contribution in [0.3, 0.4) is 0 Å². The maximum absolute atomic E-state index is 4.44. The van der Waals surface area contributed by atoms with Crippen LogP contribution in [-0.4, -0.2) is 54.1 Å². The molecule has 134 valence electrons. The summed E-state index contributed by atoms with van der Waals surface area (Å²) < 4.78 is 0. The highest BCUT2D eigenvalue weighted by atomic mass is 32.1. The zero-order valence-electron chi connectivity index (χ0n) is 14.8. The van der Waals surface area contributed by atoms with E-state index in [1.54, 1.807) is 11.3 Å². The fraction of sp³-hybridized carbons (Fsp3) is 0.579. The molecular formula is C19H27N5S. The predicted molar refractivity (Wildman–Crippen MR) is 103 cm³/mol. The van der Waals surface area contributed by atoms with E-state index in [1.807, 2.05) is 18.6 Å². The molecule has 25 heavy (non-hydrogen) atoms. The third-order valence-corrected chi connectivity index (χ3v) is 6.49. The van der Waals surface area contributed by atoms with Crippen molar-refractivity contribution < 1.29 is 0 Å². The first-order valence-electron chi connectivity index (χ1n) is 9.29. The number of aromatic nitrogens is 2. The summed E-state index contributed by atoms with van der Waals surface area (Å²) in [5.41, 5.74) is 1.35. The lowest BCUT2D eigenvalue weighted by molar-refractivity contribution is 0.263. The molecule has 0 bridgehead atoms. The number of likely N-dealkylation sites (tertiary alicyclic amines) is 1. The van der Waals surface area contributed by atoms with E-state index >= 15 is 0 Å². The van der Waals surface area contributed by atoms with Crippen LogP contribution in [0.5, 0.6) is 0 Å². The van der Waals surface area contributed by atoms with Gasteiger partial charge in [0.2, 0.25) is 0 Å². The van der Waals surface area contributed by atoms with Crippen LogP contribution in [0.15, 0.2) is 36.1 Å². The van der Waals surface area contributed by atoms with Gasteiger partial charge in [0.1, 0.15) is 0 Å². The van der Waals surface area contributed by atoms with Crippen molar-refractivity contribution in [1.82, 2.24) is 20.2 Å². The van der Waals surface area contributed by atoms with Gasteiger partial charge in [-0.1, -0.05) is 6.07 Å². The first-order valence-corrected chi connectivity index (χ1v) is 10.2. The van der Waals surface area contributed by atoms with Gasteiger partial charge < -0.3 is 10.2 Å². The number of nitrogens with one attached hydrogen (secondary N) is 1. The Morgan fingerprint density at radius 1 is 1.20 bits per heavy atom. The summed E-state index contributed by atoms with van der Waals surface area (Å²) in [5.74, 6) is 0.672. The van der Waals surface area contributed by atoms with E-state index in [0.29, 0.717) is 18.0 Å². The van der Waals surface area contributed by atoms with Crippen LogP contribution >= 0.6 is 11.3 Å². The molecule has 2 aliphatic rings. The average Bonchev–Trinajstić information content (AvgIpc) is 3.31. The van der Waals surface area contributed by atoms with Crippen molar-refractivity contribution in [2.75, 3.05) is 38.1 Å². The Labute approximate surface area is 154 Å². The van der Waals surface area contributed by atoms with Gasteiger partial charge in [0.15, 0.2) is 5.13 Å². The Morgan fingerprint density at radius 2 is 2.08 bits per heavy atom. The molecule has 0 spiro atoms. The molecule has 2 fully saturated rings. The molecule has 0 saturated carbocycles. The van der Waals surface area contributed by atoms with Crippen LogP contribution in [0.4, 0.5) is 5.13 Å². The maximum Gasteiger partial charge on any atom is 0.185 e. The van der Waals surface area contributed by atoms with Crippen molar-refractivity contribution in [3.05, 3.63) is 41.7 Å². The highest BCUT2D eigenvalue weighted by molar-refractivity contribution is 7.13. The molecule has 6 heteroatoms. The fourth-order valence-corrected chi connectivity index (χ4v) is 4.98. The number of pyridine rings is 1. The highest BCUT2D eigenvalue weighted by Gasteiger charge is 2.33. The Morgan fingerprint density at radius 3 is 2.80 bits per heavy atom. The third kappa shape index (κ3) is 3.86. The summed E-state index contributed by atoms with van der Waals surface area (Å²) in [6.45, 7) is 4.50. The van der Waals surface area contributed by atoms with Crippen molar-refractivity contribution in [2.45, 2.75) is 31.3 Å². The molecule has 0 aromatic carbocycles. The molecule has 2 aromatic rings. The molecule has 0 unspecified atom stereocenters. The summed E-state index contributed by atoms with van der Waals surface area (Å²) in [5, 5.41) is 7.10. The molecule has 2 aromatic heterocycles. The summed E-state index contributed by atoms with van der Waals surface area (Å²) in [4.78, 5) is 13.7. The molecule has 4 rings (SSSR count). The lowest BCUT2D eigenvalue weighted by Crippen LogP contribution is -2.44. The fourth-order valence-electron chi connectivity index (χ4n) is 4.28. The summed E-state index contributed by atoms with van der Waals surface area (Å²) in [6.07, 6.45) is 9.48.